The van der Waals surface area contributed by atoms with E-state index in [0.717, 1.165) is 5.56 Å². The number of aryl methyl sites for hydroxylation is 1. The minimum absolute atomic E-state index is 0.0782. The number of halogens is 1. The van der Waals surface area contributed by atoms with Crippen LogP contribution in [0.4, 0.5) is 4.39 Å². The van der Waals surface area contributed by atoms with E-state index in [0.29, 0.717) is 18.7 Å². The third-order valence-corrected chi connectivity index (χ3v) is 3.38. The Morgan fingerprint density at radius 3 is 2.61 bits per heavy atom. The predicted octanol–water partition coefficient (Wildman–Crippen LogP) is 2.10. The number of likely N-dealkylation sites (N-methyl/N-ethyl adjacent to an activating group) is 1. The third kappa shape index (κ3) is 3.51. The second-order valence-electron chi connectivity index (χ2n) is 4.73. The summed E-state index contributed by atoms with van der Waals surface area (Å²) < 4.78 is 18.4. The van der Waals surface area contributed by atoms with Crippen molar-refractivity contribution in [2.75, 3.05) is 27.3 Å². The Bertz CT molecular complexity index is 384. The molecule has 0 radical (unpaired) electrons. The van der Waals surface area contributed by atoms with Crippen molar-refractivity contribution in [2.24, 2.45) is 5.73 Å². The Morgan fingerprint density at radius 1 is 1.44 bits per heavy atom. The minimum atomic E-state index is -0.179. The molecule has 2 atom stereocenters. The number of nitrogens with two attached hydrogens (primary N) is 1. The van der Waals surface area contributed by atoms with E-state index < -0.39 is 0 Å². The number of methoxy groups -OCH3 is 1. The first-order valence-electron chi connectivity index (χ1n) is 6.18. The highest BCUT2D eigenvalue weighted by molar-refractivity contribution is 5.27. The number of rotatable bonds is 6. The predicted molar refractivity (Wildman–Crippen MR) is 72.0 cm³/mol. The van der Waals surface area contributed by atoms with Crippen LogP contribution in [0.1, 0.15) is 24.1 Å². The smallest absolute Gasteiger partial charge is 0.126 e. The Kier molecular flexibility index (Phi) is 5.72. The average Bonchev–Trinajstić information content (AvgIpc) is 2.34. The summed E-state index contributed by atoms with van der Waals surface area (Å²) in [7, 11) is 3.70. The van der Waals surface area contributed by atoms with Crippen LogP contribution < -0.4 is 5.73 Å². The molecular formula is C14H23FN2O. The van der Waals surface area contributed by atoms with E-state index in [1.807, 2.05) is 13.1 Å². The zero-order valence-corrected chi connectivity index (χ0v) is 11.6. The zero-order valence-electron chi connectivity index (χ0n) is 11.6. The summed E-state index contributed by atoms with van der Waals surface area (Å²) in [6, 6.07) is 5.50. The minimum Gasteiger partial charge on any atom is -0.383 e. The van der Waals surface area contributed by atoms with Gasteiger partial charge in [-0.1, -0.05) is 12.1 Å². The molecule has 0 aromatic heterocycles. The highest BCUT2D eigenvalue weighted by Crippen LogP contribution is 2.22. The molecule has 1 rings (SSSR count). The van der Waals surface area contributed by atoms with Crippen LogP contribution in [0.15, 0.2) is 18.2 Å². The molecule has 3 nitrogen and oxygen atoms in total. The van der Waals surface area contributed by atoms with Gasteiger partial charge in [0.05, 0.1) is 6.61 Å². The lowest BCUT2D eigenvalue weighted by Crippen LogP contribution is -2.39. The van der Waals surface area contributed by atoms with Gasteiger partial charge in [0.2, 0.25) is 0 Å². The molecule has 0 fully saturated rings. The molecule has 18 heavy (non-hydrogen) atoms. The van der Waals surface area contributed by atoms with Crippen LogP contribution in [0.3, 0.4) is 0 Å². The quantitative estimate of drug-likeness (QED) is 0.845. The van der Waals surface area contributed by atoms with E-state index in [9.17, 15) is 4.39 Å². The fourth-order valence-electron chi connectivity index (χ4n) is 2.08. The second-order valence-corrected chi connectivity index (χ2v) is 4.73. The SMILES string of the molecule is COCC(C)N(C)C(CN)c1ccc(F)c(C)c1. The molecule has 0 bridgehead atoms. The highest BCUT2D eigenvalue weighted by atomic mass is 19.1. The fourth-order valence-corrected chi connectivity index (χ4v) is 2.08. The Labute approximate surface area is 109 Å². The lowest BCUT2D eigenvalue weighted by Gasteiger charge is -2.32. The van der Waals surface area contributed by atoms with E-state index in [-0.39, 0.29) is 17.9 Å². The maximum atomic E-state index is 13.3. The van der Waals surface area contributed by atoms with Crippen molar-refractivity contribution in [3.8, 4) is 0 Å². The molecule has 0 aliphatic carbocycles. The van der Waals surface area contributed by atoms with Gasteiger partial charge in [0.25, 0.3) is 0 Å². The Morgan fingerprint density at radius 2 is 2.11 bits per heavy atom. The number of nitrogens with zero attached hydrogens (tertiary/aromatic N) is 1. The summed E-state index contributed by atoms with van der Waals surface area (Å²) in [4.78, 5) is 2.16. The van der Waals surface area contributed by atoms with E-state index >= 15 is 0 Å². The van der Waals surface area contributed by atoms with Gasteiger partial charge in [-0.3, -0.25) is 4.90 Å². The van der Waals surface area contributed by atoms with Gasteiger partial charge in [-0.05, 0) is 38.1 Å². The van der Waals surface area contributed by atoms with Gasteiger partial charge in [0.1, 0.15) is 5.82 Å². The number of benzene rings is 1. The highest BCUT2D eigenvalue weighted by Gasteiger charge is 2.20. The van der Waals surface area contributed by atoms with Crippen LogP contribution in [0.25, 0.3) is 0 Å². The normalized spacial score (nSPS) is 14.8. The first kappa shape index (κ1) is 15.1. The molecule has 2 N–H and O–H groups in total. The maximum absolute atomic E-state index is 13.3. The van der Waals surface area contributed by atoms with Crippen molar-refractivity contribution in [3.63, 3.8) is 0 Å². The first-order chi connectivity index (χ1) is 8.51. The van der Waals surface area contributed by atoms with Crippen molar-refractivity contribution in [3.05, 3.63) is 35.1 Å². The van der Waals surface area contributed by atoms with Crippen molar-refractivity contribution in [2.45, 2.75) is 25.9 Å². The van der Waals surface area contributed by atoms with Crippen LogP contribution >= 0.6 is 0 Å². The summed E-state index contributed by atoms with van der Waals surface area (Å²) in [5, 5.41) is 0. The molecular weight excluding hydrogens is 231 g/mol. The lowest BCUT2D eigenvalue weighted by molar-refractivity contribution is 0.0910. The third-order valence-electron chi connectivity index (χ3n) is 3.38. The fraction of sp³-hybridized carbons (Fsp3) is 0.571. The van der Waals surface area contributed by atoms with Gasteiger partial charge in [-0.2, -0.15) is 0 Å². The van der Waals surface area contributed by atoms with Crippen molar-refractivity contribution in [1.82, 2.24) is 4.90 Å². The molecule has 0 saturated carbocycles. The van der Waals surface area contributed by atoms with Crippen molar-refractivity contribution < 1.29 is 9.13 Å². The van der Waals surface area contributed by atoms with E-state index in [1.165, 1.54) is 6.07 Å². The molecule has 102 valence electrons. The van der Waals surface area contributed by atoms with Gasteiger partial charge < -0.3 is 10.5 Å². The molecule has 0 heterocycles. The average molecular weight is 254 g/mol. The summed E-state index contributed by atoms with van der Waals surface area (Å²) >= 11 is 0. The molecule has 0 amide bonds. The Balaban J connectivity index is 2.91. The van der Waals surface area contributed by atoms with Gasteiger partial charge >= 0.3 is 0 Å². The van der Waals surface area contributed by atoms with Crippen LogP contribution in [-0.4, -0.2) is 38.3 Å². The molecule has 4 heteroatoms. The molecule has 1 aromatic carbocycles. The zero-order chi connectivity index (χ0) is 13.7. The standard InChI is InChI=1S/C14H23FN2O/c1-10-7-12(5-6-13(10)15)14(8-16)17(3)11(2)9-18-4/h5-7,11,14H,8-9,16H2,1-4H3. The van der Waals surface area contributed by atoms with Crippen LogP contribution in [0, 0.1) is 12.7 Å². The molecule has 0 aliphatic rings. The van der Waals surface area contributed by atoms with Crippen molar-refractivity contribution >= 4 is 0 Å². The molecule has 2 unspecified atom stereocenters. The van der Waals surface area contributed by atoms with Gasteiger partial charge in [-0.25, -0.2) is 4.39 Å². The van der Waals surface area contributed by atoms with E-state index in [1.54, 1.807) is 20.1 Å². The van der Waals surface area contributed by atoms with Crippen molar-refractivity contribution in [1.29, 1.82) is 0 Å². The summed E-state index contributed by atoms with van der Waals surface area (Å²) in [6.07, 6.45) is 0. The van der Waals surface area contributed by atoms with E-state index in [4.69, 9.17) is 10.5 Å². The van der Waals surface area contributed by atoms with Crippen LogP contribution in [0.5, 0.6) is 0 Å². The van der Waals surface area contributed by atoms with E-state index in [2.05, 4.69) is 11.8 Å². The molecule has 0 aliphatic heterocycles. The van der Waals surface area contributed by atoms with Crippen LogP contribution in [-0.2, 0) is 4.74 Å². The monoisotopic (exact) mass is 254 g/mol. The van der Waals surface area contributed by atoms with Gasteiger partial charge in [0.15, 0.2) is 0 Å². The lowest BCUT2D eigenvalue weighted by atomic mass is 10.0. The van der Waals surface area contributed by atoms with Gasteiger partial charge in [0, 0.05) is 25.7 Å². The maximum Gasteiger partial charge on any atom is 0.126 e. The first-order valence-corrected chi connectivity index (χ1v) is 6.18. The summed E-state index contributed by atoms with van der Waals surface area (Å²) in [6.45, 7) is 5.00. The number of hydrogen-bond donors (Lipinski definition) is 1. The number of ether oxygens (including phenoxy) is 1. The molecule has 1 aromatic rings. The summed E-state index contributed by atoms with van der Waals surface area (Å²) in [5.74, 6) is -0.179. The van der Waals surface area contributed by atoms with Crippen LogP contribution in [0.2, 0.25) is 0 Å². The molecule has 0 saturated heterocycles. The van der Waals surface area contributed by atoms with Gasteiger partial charge in [-0.15, -0.1) is 0 Å². The number of hydrogen-bond acceptors (Lipinski definition) is 3. The summed E-state index contributed by atoms with van der Waals surface area (Å²) in [5.41, 5.74) is 7.55. The Hall–Kier alpha value is -0.970. The topological polar surface area (TPSA) is 38.5 Å². The molecule has 0 spiro atoms. The largest absolute Gasteiger partial charge is 0.383 e. The second kappa shape index (κ2) is 6.83.